The number of Topliss-reactive ketones (excluding diaryl/α,β-unsaturated/α-hetero) is 1. The van der Waals surface area contributed by atoms with Crippen molar-refractivity contribution < 1.29 is 22.5 Å². The molecule has 6 nitrogen and oxygen atoms in total. The molecular weight excluding hydrogens is 265 g/mol. The van der Waals surface area contributed by atoms with E-state index in [1.807, 2.05) is 0 Å². The van der Waals surface area contributed by atoms with Gasteiger partial charge in [0.1, 0.15) is 5.92 Å². The van der Waals surface area contributed by atoms with E-state index in [2.05, 4.69) is 19.6 Å². The summed E-state index contributed by atoms with van der Waals surface area (Å²) < 4.78 is 43.1. The number of carbonyl (C=O) groups is 1. The normalized spacial score (nSPS) is 13.5. The second-order valence-electron chi connectivity index (χ2n) is 3.90. The summed E-state index contributed by atoms with van der Waals surface area (Å²) in [5.74, 6) is -3.49. The molecule has 0 aliphatic carbocycles. The standard InChI is InChI=1S/C10H9F3N4O2/c1-5(6(18)10(11,12)13)9-15-7(16-19-9)8-14-3-4-17(8)2/h3-5H,1-2H3. The van der Waals surface area contributed by atoms with Crippen molar-refractivity contribution in [1.29, 1.82) is 0 Å². The van der Waals surface area contributed by atoms with E-state index in [1.54, 1.807) is 17.8 Å². The molecule has 2 rings (SSSR count). The van der Waals surface area contributed by atoms with Crippen LogP contribution in [0.1, 0.15) is 18.7 Å². The lowest BCUT2D eigenvalue weighted by atomic mass is 10.1. The van der Waals surface area contributed by atoms with Gasteiger partial charge in [-0.05, 0) is 6.92 Å². The fraction of sp³-hybridized carbons (Fsp3) is 0.400. The molecule has 0 radical (unpaired) electrons. The third kappa shape index (κ3) is 2.49. The Morgan fingerprint density at radius 1 is 1.47 bits per heavy atom. The van der Waals surface area contributed by atoms with E-state index < -0.39 is 17.9 Å². The smallest absolute Gasteiger partial charge is 0.338 e. The van der Waals surface area contributed by atoms with Crippen LogP contribution in [-0.2, 0) is 11.8 Å². The number of hydrogen-bond donors (Lipinski definition) is 0. The van der Waals surface area contributed by atoms with Crippen LogP contribution in [0.2, 0.25) is 0 Å². The quantitative estimate of drug-likeness (QED) is 0.851. The number of carbonyl (C=O) groups excluding carboxylic acids is 1. The van der Waals surface area contributed by atoms with Crippen molar-refractivity contribution in [1.82, 2.24) is 19.7 Å². The van der Waals surface area contributed by atoms with Crippen LogP contribution in [0.3, 0.4) is 0 Å². The number of rotatable bonds is 3. The highest BCUT2D eigenvalue weighted by molar-refractivity contribution is 5.89. The zero-order valence-electron chi connectivity index (χ0n) is 9.97. The lowest BCUT2D eigenvalue weighted by Gasteiger charge is -2.08. The second kappa shape index (κ2) is 4.48. The molecule has 0 saturated carbocycles. The number of aryl methyl sites for hydroxylation is 1. The monoisotopic (exact) mass is 274 g/mol. The molecule has 0 spiro atoms. The maximum Gasteiger partial charge on any atom is 0.450 e. The van der Waals surface area contributed by atoms with Gasteiger partial charge in [0.2, 0.25) is 17.5 Å². The number of alkyl halides is 3. The van der Waals surface area contributed by atoms with Gasteiger partial charge in [-0.25, -0.2) is 4.98 Å². The Morgan fingerprint density at radius 2 is 2.16 bits per heavy atom. The lowest BCUT2D eigenvalue weighted by Crippen LogP contribution is -2.27. The van der Waals surface area contributed by atoms with Gasteiger partial charge in [0.05, 0.1) is 0 Å². The van der Waals surface area contributed by atoms with Crippen molar-refractivity contribution in [3.8, 4) is 11.6 Å². The van der Waals surface area contributed by atoms with Gasteiger partial charge < -0.3 is 9.09 Å². The van der Waals surface area contributed by atoms with Gasteiger partial charge in [0, 0.05) is 19.4 Å². The molecule has 1 atom stereocenters. The Hall–Kier alpha value is -2.19. The van der Waals surface area contributed by atoms with Gasteiger partial charge in [-0.15, -0.1) is 0 Å². The highest BCUT2D eigenvalue weighted by Gasteiger charge is 2.44. The topological polar surface area (TPSA) is 73.8 Å². The molecule has 102 valence electrons. The van der Waals surface area contributed by atoms with Gasteiger partial charge in [-0.2, -0.15) is 18.2 Å². The largest absolute Gasteiger partial charge is 0.450 e. The Morgan fingerprint density at radius 3 is 2.68 bits per heavy atom. The van der Waals surface area contributed by atoms with Gasteiger partial charge in [0.25, 0.3) is 0 Å². The van der Waals surface area contributed by atoms with Crippen LogP contribution in [0, 0.1) is 0 Å². The first kappa shape index (κ1) is 13.2. The molecular formula is C10H9F3N4O2. The van der Waals surface area contributed by atoms with Crippen molar-refractivity contribution in [2.45, 2.75) is 19.0 Å². The fourth-order valence-corrected chi connectivity index (χ4v) is 1.44. The molecule has 0 saturated heterocycles. The molecule has 2 aromatic heterocycles. The molecule has 0 aromatic carbocycles. The molecule has 0 aliphatic heterocycles. The summed E-state index contributed by atoms with van der Waals surface area (Å²) in [4.78, 5) is 18.7. The minimum atomic E-state index is -4.93. The fourth-order valence-electron chi connectivity index (χ4n) is 1.44. The van der Waals surface area contributed by atoms with Gasteiger partial charge in [-0.1, -0.05) is 5.16 Å². The summed E-state index contributed by atoms with van der Waals surface area (Å²) in [6.07, 6.45) is -1.83. The third-order valence-corrected chi connectivity index (χ3v) is 2.51. The zero-order valence-corrected chi connectivity index (χ0v) is 9.97. The minimum Gasteiger partial charge on any atom is -0.338 e. The van der Waals surface area contributed by atoms with Crippen molar-refractivity contribution in [3.63, 3.8) is 0 Å². The van der Waals surface area contributed by atoms with Crippen LogP contribution in [0.4, 0.5) is 13.2 Å². The van der Waals surface area contributed by atoms with E-state index in [-0.39, 0.29) is 11.7 Å². The average molecular weight is 274 g/mol. The molecule has 2 heterocycles. The van der Waals surface area contributed by atoms with Crippen LogP contribution in [0.25, 0.3) is 11.6 Å². The van der Waals surface area contributed by atoms with E-state index in [0.29, 0.717) is 5.82 Å². The lowest BCUT2D eigenvalue weighted by molar-refractivity contribution is -0.172. The molecule has 0 amide bonds. The van der Waals surface area contributed by atoms with Crippen LogP contribution < -0.4 is 0 Å². The average Bonchev–Trinajstić information content (AvgIpc) is 2.93. The Bertz CT molecular complexity index is 602. The van der Waals surface area contributed by atoms with Crippen LogP contribution >= 0.6 is 0 Å². The van der Waals surface area contributed by atoms with E-state index in [4.69, 9.17) is 0 Å². The van der Waals surface area contributed by atoms with Crippen LogP contribution in [0.15, 0.2) is 16.9 Å². The van der Waals surface area contributed by atoms with E-state index in [0.717, 1.165) is 6.92 Å². The van der Waals surface area contributed by atoms with Crippen molar-refractivity contribution in [2.24, 2.45) is 7.05 Å². The first-order valence-corrected chi connectivity index (χ1v) is 5.23. The summed E-state index contributed by atoms with van der Waals surface area (Å²) in [5, 5.41) is 3.52. The second-order valence-corrected chi connectivity index (χ2v) is 3.90. The van der Waals surface area contributed by atoms with Gasteiger partial charge >= 0.3 is 6.18 Å². The SMILES string of the molecule is CC(C(=O)C(F)(F)F)c1nc(-c2nccn2C)no1. The van der Waals surface area contributed by atoms with E-state index in [1.165, 1.54) is 6.20 Å². The van der Waals surface area contributed by atoms with Crippen LogP contribution in [0.5, 0.6) is 0 Å². The minimum absolute atomic E-state index is 0.0318. The number of halogens is 3. The summed E-state index contributed by atoms with van der Waals surface area (Å²) >= 11 is 0. The molecule has 1 unspecified atom stereocenters. The number of imidazole rings is 1. The van der Waals surface area contributed by atoms with Crippen LogP contribution in [-0.4, -0.2) is 31.7 Å². The highest BCUT2D eigenvalue weighted by Crippen LogP contribution is 2.27. The Kier molecular flexibility index (Phi) is 3.13. The first-order valence-electron chi connectivity index (χ1n) is 5.23. The summed E-state index contributed by atoms with van der Waals surface area (Å²) in [6.45, 7) is 1.06. The first-order chi connectivity index (χ1) is 8.80. The number of aromatic nitrogens is 4. The maximum atomic E-state index is 12.3. The molecule has 2 aromatic rings. The summed E-state index contributed by atoms with van der Waals surface area (Å²) in [6, 6.07) is 0. The van der Waals surface area contributed by atoms with Crippen molar-refractivity contribution >= 4 is 5.78 Å². The molecule has 0 fully saturated rings. The van der Waals surface area contributed by atoms with Gasteiger partial charge in [-0.3, -0.25) is 4.79 Å². The maximum absolute atomic E-state index is 12.3. The van der Waals surface area contributed by atoms with E-state index in [9.17, 15) is 18.0 Å². The number of nitrogens with zero attached hydrogens (tertiary/aromatic N) is 4. The van der Waals surface area contributed by atoms with Gasteiger partial charge in [0.15, 0.2) is 5.82 Å². The third-order valence-electron chi connectivity index (χ3n) is 2.51. The Labute approximate surface area is 105 Å². The highest BCUT2D eigenvalue weighted by atomic mass is 19.4. The zero-order chi connectivity index (χ0) is 14.2. The predicted octanol–water partition coefficient (Wildman–Crippen LogP) is 1.70. The molecule has 9 heteroatoms. The molecule has 0 N–H and O–H groups in total. The van der Waals surface area contributed by atoms with E-state index >= 15 is 0 Å². The molecule has 19 heavy (non-hydrogen) atoms. The summed E-state index contributed by atoms with van der Waals surface area (Å²) in [7, 11) is 1.67. The Balaban J connectivity index is 2.27. The predicted molar refractivity (Wildman–Crippen MR) is 56.0 cm³/mol. The summed E-state index contributed by atoms with van der Waals surface area (Å²) in [5.41, 5.74) is 0. The molecule has 0 aliphatic rings. The molecule has 0 bridgehead atoms. The van der Waals surface area contributed by atoms with Crippen molar-refractivity contribution in [3.05, 3.63) is 18.3 Å². The number of ketones is 1. The van der Waals surface area contributed by atoms with Crippen molar-refractivity contribution in [2.75, 3.05) is 0 Å². The number of hydrogen-bond acceptors (Lipinski definition) is 5.